The van der Waals surface area contributed by atoms with Crippen molar-refractivity contribution in [3.63, 3.8) is 0 Å². The fourth-order valence-electron chi connectivity index (χ4n) is 5.78. The Balaban J connectivity index is 1.22. The fraction of sp³-hybridized carbons (Fsp3) is 0.552. The highest BCUT2D eigenvalue weighted by Gasteiger charge is 2.48. The zero-order valence-corrected chi connectivity index (χ0v) is 22.4. The number of likely N-dealkylation sites (N-methyl/N-ethyl adjacent to an activating group) is 1. The molecule has 7 nitrogen and oxygen atoms in total. The largest absolute Gasteiger partial charge is 0.392 e. The molecule has 39 heavy (non-hydrogen) atoms. The number of benzene rings is 1. The van der Waals surface area contributed by atoms with Crippen LogP contribution in [-0.2, 0) is 0 Å². The summed E-state index contributed by atoms with van der Waals surface area (Å²) < 4.78 is 42.2. The average molecular weight is 541 g/mol. The first-order chi connectivity index (χ1) is 18.7. The van der Waals surface area contributed by atoms with E-state index in [0.717, 1.165) is 37.6 Å². The minimum Gasteiger partial charge on any atom is -0.349 e. The maximum Gasteiger partial charge on any atom is 0.392 e. The fourth-order valence-corrected chi connectivity index (χ4v) is 5.78. The van der Waals surface area contributed by atoms with Gasteiger partial charge in [-0.1, -0.05) is 17.9 Å². The molecule has 4 aliphatic rings. The van der Waals surface area contributed by atoms with Gasteiger partial charge in [-0.2, -0.15) is 18.3 Å². The van der Waals surface area contributed by atoms with Gasteiger partial charge >= 0.3 is 6.18 Å². The van der Waals surface area contributed by atoms with Crippen molar-refractivity contribution in [3.8, 4) is 11.8 Å². The Morgan fingerprint density at radius 3 is 2.74 bits per heavy atom. The summed E-state index contributed by atoms with van der Waals surface area (Å²) in [5.74, 6) is 4.92. The summed E-state index contributed by atoms with van der Waals surface area (Å²) in [5, 5.41) is 8.98. The van der Waals surface area contributed by atoms with E-state index in [4.69, 9.17) is 0 Å². The molecule has 3 aliphatic heterocycles. The first kappa shape index (κ1) is 27.4. The van der Waals surface area contributed by atoms with E-state index < -0.39 is 24.1 Å². The number of aliphatic imine (C=N–C) groups is 1. The van der Waals surface area contributed by atoms with Crippen molar-refractivity contribution in [2.24, 2.45) is 21.9 Å². The smallest absolute Gasteiger partial charge is 0.349 e. The van der Waals surface area contributed by atoms with Crippen LogP contribution < -0.4 is 5.32 Å². The van der Waals surface area contributed by atoms with E-state index in [1.54, 1.807) is 23.4 Å². The second-order valence-electron chi connectivity index (χ2n) is 11.0. The number of carbonyl (C=O) groups is 1. The molecule has 4 atom stereocenters. The van der Waals surface area contributed by atoms with Crippen molar-refractivity contribution in [2.45, 2.75) is 44.4 Å². The molecule has 4 unspecified atom stereocenters. The number of amides is 1. The summed E-state index contributed by atoms with van der Waals surface area (Å²) in [6, 6.07) is 4.55. The van der Waals surface area contributed by atoms with E-state index in [1.807, 2.05) is 32.2 Å². The van der Waals surface area contributed by atoms with Crippen molar-refractivity contribution < 1.29 is 18.0 Å². The normalized spacial score (nSPS) is 27.5. The number of carbonyl (C=O) groups excluding carboxylic acids is 1. The van der Waals surface area contributed by atoms with Crippen molar-refractivity contribution >= 4 is 18.0 Å². The summed E-state index contributed by atoms with van der Waals surface area (Å²) in [6.45, 7) is 6.25. The number of allylic oxidation sites excluding steroid dienone is 1. The van der Waals surface area contributed by atoms with Crippen molar-refractivity contribution in [3.05, 3.63) is 47.0 Å². The second kappa shape index (κ2) is 11.5. The number of rotatable bonds is 4. The van der Waals surface area contributed by atoms with Crippen LogP contribution in [-0.4, -0.2) is 97.3 Å². The number of alkyl halides is 3. The van der Waals surface area contributed by atoms with Crippen LogP contribution in [0.3, 0.4) is 0 Å². The molecule has 0 aromatic heterocycles. The number of halogens is 3. The maximum absolute atomic E-state index is 14.1. The van der Waals surface area contributed by atoms with Crippen LogP contribution in [0.2, 0.25) is 0 Å². The molecule has 3 heterocycles. The van der Waals surface area contributed by atoms with Crippen molar-refractivity contribution in [1.82, 2.24) is 20.1 Å². The van der Waals surface area contributed by atoms with E-state index in [0.29, 0.717) is 37.1 Å². The van der Waals surface area contributed by atoms with E-state index >= 15 is 0 Å². The van der Waals surface area contributed by atoms with Crippen LogP contribution in [0.1, 0.15) is 40.7 Å². The highest BCUT2D eigenvalue weighted by atomic mass is 19.4. The lowest BCUT2D eigenvalue weighted by Crippen LogP contribution is -2.51. The summed E-state index contributed by atoms with van der Waals surface area (Å²) in [7, 11) is 2.04. The summed E-state index contributed by atoms with van der Waals surface area (Å²) in [6.07, 6.45) is 2.03. The highest BCUT2D eigenvalue weighted by Crippen LogP contribution is 2.42. The topological polar surface area (TPSA) is 63.5 Å². The summed E-state index contributed by atoms with van der Waals surface area (Å²) in [4.78, 5) is 21.9. The van der Waals surface area contributed by atoms with Crippen LogP contribution in [0.25, 0.3) is 0 Å². The first-order valence-corrected chi connectivity index (χ1v) is 13.6. The number of hydrazone groups is 1. The number of hydrogen-bond donors (Lipinski definition) is 1. The maximum atomic E-state index is 14.1. The van der Waals surface area contributed by atoms with Gasteiger partial charge < -0.3 is 15.1 Å². The molecule has 1 aliphatic carbocycles. The van der Waals surface area contributed by atoms with E-state index in [9.17, 15) is 18.0 Å². The molecule has 1 amide bonds. The van der Waals surface area contributed by atoms with Crippen LogP contribution in [0.4, 0.5) is 13.2 Å². The average Bonchev–Trinajstić information content (AvgIpc) is 3.33. The zero-order chi connectivity index (χ0) is 27.6. The van der Waals surface area contributed by atoms with Crippen LogP contribution in [0, 0.1) is 30.6 Å². The number of piperazine rings is 1. The predicted molar refractivity (Wildman–Crippen MR) is 146 cm³/mol. The lowest BCUT2D eigenvalue weighted by atomic mass is 9.76. The molecular formula is C29H35F3N6O. The van der Waals surface area contributed by atoms with Crippen molar-refractivity contribution in [2.75, 3.05) is 46.3 Å². The van der Waals surface area contributed by atoms with Gasteiger partial charge in [0.2, 0.25) is 0 Å². The molecule has 5 rings (SSSR count). The SMILES string of the molecule is Cc1ccc(C(=O)NC2CCC(CN3CCN(C)CC3)C(C(F)(F)F)C2)cc1C#CC1CN=C2C=CC=NN21. The van der Waals surface area contributed by atoms with Gasteiger partial charge in [-0.3, -0.25) is 9.79 Å². The van der Waals surface area contributed by atoms with Gasteiger partial charge in [0.1, 0.15) is 11.9 Å². The molecule has 2 fully saturated rings. The molecule has 1 aromatic rings. The molecule has 10 heteroatoms. The number of nitrogens with zero attached hydrogens (tertiary/aromatic N) is 5. The third kappa shape index (κ3) is 6.53. The quantitative estimate of drug-likeness (QED) is 0.596. The Morgan fingerprint density at radius 1 is 1.18 bits per heavy atom. The van der Waals surface area contributed by atoms with E-state index in [-0.39, 0.29) is 18.4 Å². The molecule has 208 valence electrons. The van der Waals surface area contributed by atoms with Gasteiger partial charge in [0.05, 0.1) is 12.5 Å². The lowest BCUT2D eigenvalue weighted by Gasteiger charge is -2.41. The molecule has 1 saturated carbocycles. The molecule has 0 spiro atoms. The zero-order valence-electron chi connectivity index (χ0n) is 22.4. The first-order valence-electron chi connectivity index (χ1n) is 13.6. The van der Waals surface area contributed by atoms with Crippen LogP contribution in [0.15, 0.2) is 40.4 Å². The van der Waals surface area contributed by atoms with Gasteiger partial charge in [-0.05, 0) is 69.0 Å². The minimum atomic E-state index is -4.29. The van der Waals surface area contributed by atoms with Gasteiger partial charge in [-0.25, -0.2) is 5.01 Å². The lowest BCUT2D eigenvalue weighted by molar-refractivity contribution is -0.200. The number of fused-ring (bicyclic) bond motifs is 1. The van der Waals surface area contributed by atoms with Crippen molar-refractivity contribution in [1.29, 1.82) is 0 Å². The Hall–Kier alpha value is -3.16. The Kier molecular flexibility index (Phi) is 8.10. The van der Waals surface area contributed by atoms with E-state index in [2.05, 4.69) is 37.1 Å². The molecule has 1 saturated heterocycles. The van der Waals surface area contributed by atoms with Crippen LogP contribution in [0.5, 0.6) is 0 Å². The third-order valence-electron chi connectivity index (χ3n) is 8.19. The molecule has 1 aromatic carbocycles. The van der Waals surface area contributed by atoms with Gasteiger partial charge in [-0.15, -0.1) is 0 Å². The molecule has 1 N–H and O–H groups in total. The highest BCUT2D eigenvalue weighted by molar-refractivity contribution is 6.00. The monoisotopic (exact) mass is 540 g/mol. The molecular weight excluding hydrogens is 505 g/mol. The minimum absolute atomic E-state index is 0.0824. The third-order valence-corrected chi connectivity index (χ3v) is 8.19. The Bertz CT molecular complexity index is 1220. The van der Waals surface area contributed by atoms with Gasteiger partial charge in [0, 0.05) is 56.1 Å². The number of amidine groups is 1. The standard InChI is InChI=1S/C29H35F3N6O/c1-20-5-6-22(16-21(20)8-10-25-18-33-27-4-3-11-34-38(25)27)28(39)35-24-9-7-23(26(17-24)29(30,31)32)19-37-14-12-36(2)13-15-37/h3-6,11,16,23-26H,7,9,12-15,17-19H2,1-2H3,(H,35,39). The molecule has 0 radical (unpaired) electrons. The second-order valence-corrected chi connectivity index (χ2v) is 11.0. The number of nitrogens with one attached hydrogen (secondary N) is 1. The predicted octanol–water partition coefficient (Wildman–Crippen LogP) is 3.31. The van der Waals surface area contributed by atoms with Gasteiger partial charge in [0.15, 0.2) is 0 Å². The summed E-state index contributed by atoms with van der Waals surface area (Å²) >= 11 is 0. The Morgan fingerprint density at radius 2 is 1.97 bits per heavy atom. The van der Waals surface area contributed by atoms with Gasteiger partial charge in [0.25, 0.3) is 5.91 Å². The van der Waals surface area contributed by atoms with E-state index in [1.165, 1.54) is 0 Å². The van der Waals surface area contributed by atoms with Crippen LogP contribution >= 0.6 is 0 Å². The molecule has 0 bridgehead atoms. The Labute approximate surface area is 227 Å². The number of aryl methyl sites for hydroxylation is 1. The number of hydrogen-bond acceptors (Lipinski definition) is 6. The summed E-state index contributed by atoms with van der Waals surface area (Å²) in [5.41, 5.74) is 2.02.